The van der Waals surface area contributed by atoms with E-state index in [9.17, 15) is 8.42 Å². The normalized spacial score (nSPS) is 20.8. The lowest BCUT2D eigenvalue weighted by molar-refractivity contribution is 0.286. The number of hydrogen-bond acceptors (Lipinski definition) is 4. The van der Waals surface area contributed by atoms with Crippen molar-refractivity contribution in [1.82, 2.24) is 13.9 Å². The summed E-state index contributed by atoms with van der Waals surface area (Å²) in [5, 5.41) is 12.1. The van der Waals surface area contributed by atoms with E-state index < -0.39 is 16.3 Å². The van der Waals surface area contributed by atoms with Crippen LogP contribution in [0.4, 0.5) is 0 Å². The first kappa shape index (κ1) is 14.9. The molecule has 0 bridgehead atoms. The minimum absolute atomic E-state index is 0.297. The summed E-state index contributed by atoms with van der Waals surface area (Å²) in [5.74, 6) is 0. The van der Waals surface area contributed by atoms with E-state index in [1.54, 1.807) is 7.05 Å². The molecule has 0 saturated carbocycles. The van der Waals surface area contributed by atoms with Crippen LogP contribution in [-0.4, -0.2) is 49.8 Å². The third kappa shape index (κ3) is 3.16. The van der Waals surface area contributed by atoms with Gasteiger partial charge >= 0.3 is 0 Å². The Balaban J connectivity index is 2.15. The Morgan fingerprint density at radius 2 is 2.15 bits per heavy atom. The molecule has 7 heteroatoms. The van der Waals surface area contributed by atoms with Gasteiger partial charge in [-0.3, -0.25) is 0 Å². The Labute approximate surface area is 119 Å². The average Bonchev–Trinajstić information content (AvgIpc) is 2.48. The van der Waals surface area contributed by atoms with Gasteiger partial charge in [-0.25, -0.2) is 0 Å². The van der Waals surface area contributed by atoms with Gasteiger partial charge in [-0.2, -0.15) is 22.3 Å². The van der Waals surface area contributed by atoms with Crippen LogP contribution in [0.15, 0.2) is 30.3 Å². The lowest BCUT2D eigenvalue weighted by atomic mass is 10.2. The molecule has 1 fully saturated rings. The molecule has 0 aliphatic carbocycles. The van der Waals surface area contributed by atoms with Gasteiger partial charge in [-0.15, -0.1) is 0 Å². The largest absolute Gasteiger partial charge is 0.313 e. The second-order valence-electron chi connectivity index (χ2n) is 4.71. The molecule has 0 spiro atoms. The molecule has 6 nitrogen and oxygen atoms in total. The first-order valence-electron chi connectivity index (χ1n) is 6.43. The van der Waals surface area contributed by atoms with Crippen molar-refractivity contribution >= 4 is 10.2 Å². The average molecular weight is 294 g/mol. The van der Waals surface area contributed by atoms with Gasteiger partial charge in [0.1, 0.15) is 6.04 Å². The first-order valence-corrected chi connectivity index (χ1v) is 7.83. The van der Waals surface area contributed by atoms with Gasteiger partial charge in [-0.05, 0) is 5.56 Å². The van der Waals surface area contributed by atoms with E-state index in [1.165, 1.54) is 8.61 Å². The third-order valence-corrected chi connectivity index (χ3v) is 5.23. The first-order chi connectivity index (χ1) is 9.55. The van der Waals surface area contributed by atoms with Gasteiger partial charge in [-0.1, -0.05) is 30.3 Å². The van der Waals surface area contributed by atoms with Crippen LogP contribution < -0.4 is 5.32 Å². The highest BCUT2D eigenvalue weighted by Gasteiger charge is 2.35. The predicted octanol–water partition coefficient (Wildman–Crippen LogP) is 0.161. The second-order valence-corrected chi connectivity index (χ2v) is 6.70. The molecular formula is C13H18N4O2S. The van der Waals surface area contributed by atoms with E-state index in [0.29, 0.717) is 26.2 Å². The standard InChI is InChI=1S/C13H18N4O2S/c1-16(11-12-5-3-2-4-6-12)20(18,19)17-8-7-15-10-13(17)9-14/h2-6,13,15H,7-8,10-11H2,1H3. The van der Waals surface area contributed by atoms with Gasteiger partial charge in [0.25, 0.3) is 10.2 Å². The molecule has 1 unspecified atom stereocenters. The summed E-state index contributed by atoms with van der Waals surface area (Å²) in [6.07, 6.45) is 0. The van der Waals surface area contributed by atoms with Gasteiger partial charge in [0, 0.05) is 33.2 Å². The van der Waals surface area contributed by atoms with E-state index in [2.05, 4.69) is 5.32 Å². The Kier molecular flexibility index (Phi) is 4.73. The van der Waals surface area contributed by atoms with Crippen LogP contribution in [0.2, 0.25) is 0 Å². The molecule has 0 aromatic heterocycles. The summed E-state index contributed by atoms with van der Waals surface area (Å²) in [4.78, 5) is 0. The van der Waals surface area contributed by atoms with Crippen LogP contribution in [0.25, 0.3) is 0 Å². The monoisotopic (exact) mass is 294 g/mol. The minimum atomic E-state index is -3.62. The molecule has 2 rings (SSSR count). The van der Waals surface area contributed by atoms with Crippen LogP contribution in [0.5, 0.6) is 0 Å². The number of nitrogens with zero attached hydrogens (tertiary/aromatic N) is 3. The summed E-state index contributed by atoms with van der Waals surface area (Å²) < 4.78 is 27.6. The lowest BCUT2D eigenvalue weighted by Gasteiger charge is -2.33. The summed E-state index contributed by atoms with van der Waals surface area (Å²) in [7, 11) is -2.08. The molecule has 1 aromatic rings. The van der Waals surface area contributed by atoms with Crippen molar-refractivity contribution in [3.05, 3.63) is 35.9 Å². The molecule has 1 aliphatic rings. The number of rotatable bonds is 4. The Bertz CT molecular complexity index is 582. The Morgan fingerprint density at radius 1 is 1.45 bits per heavy atom. The molecule has 20 heavy (non-hydrogen) atoms. The zero-order valence-corrected chi connectivity index (χ0v) is 12.2. The predicted molar refractivity (Wildman–Crippen MR) is 75.8 cm³/mol. The van der Waals surface area contributed by atoms with Crippen molar-refractivity contribution in [2.75, 3.05) is 26.7 Å². The van der Waals surface area contributed by atoms with Crippen molar-refractivity contribution in [2.24, 2.45) is 0 Å². The highest BCUT2D eigenvalue weighted by atomic mass is 32.2. The fourth-order valence-corrected chi connectivity index (χ4v) is 3.61. The number of nitrogens with one attached hydrogen (secondary N) is 1. The lowest BCUT2D eigenvalue weighted by Crippen LogP contribution is -2.56. The van der Waals surface area contributed by atoms with Gasteiger partial charge in [0.05, 0.1) is 6.07 Å². The quantitative estimate of drug-likeness (QED) is 0.858. The fourth-order valence-electron chi connectivity index (χ4n) is 2.17. The van der Waals surface area contributed by atoms with E-state index in [1.807, 2.05) is 36.4 Å². The zero-order chi connectivity index (χ0) is 14.6. The van der Waals surface area contributed by atoms with Crippen molar-refractivity contribution < 1.29 is 8.42 Å². The highest BCUT2D eigenvalue weighted by molar-refractivity contribution is 7.86. The summed E-state index contributed by atoms with van der Waals surface area (Å²) >= 11 is 0. The topological polar surface area (TPSA) is 76.4 Å². The van der Waals surface area contributed by atoms with E-state index in [-0.39, 0.29) is 0 Å². The smallest absolute Gasteiger partial charge is 0.283 e. The number of benzene rings is 1. The number of piperazine rings is 1. The Morgan fingerprint density at radius 3 is 2.80 bits per heavy atom. The van der Waals surface area contributed by atoms with Crippen molar-refractivity contribution in [2.45, 2.75) is 12.6 Å². The number of nitriles is 1. The summed E-state index contributed by atoms with van der Waals surface area (Å²) in [6.45, 7) is 1.55. The maximum absolute atomic E-state index is 12.5. The molecule has 1 atom stereocenters. The molecular weight excluding hydrogens is 276 g/mol. The molecule has 1 aliphatic heterocycles. The zero-order valence-electron chi connectivity index (χ0n) is 11.4. The van der Waals surface area contributed by atoms with Crippen LogP contribution in [0.1, 0.15) is 5.56 Å². The van der Waals surface area contributed by atoms with Crippen LogP contribution >= 0.6 is 0 Å². The Hall–Kier alpha value is -1.46. The van der Waals surface area contributed by atoms with E-state index >= 15 is 0 Å². The highest BCUT2D eigenvalue weighted by Crippen LogP contribution is 2.15. The molecule has 1 heterocycles. The maximum atomic E-state index is 12.5. The fraction of sp³-hybridized carbons (Fsp3) is 0.462. The van der Waals surface area contributed by atoms with Crippen LogP contribution in [0.3, 0.4) is 0 Å². The van der Waals surface area contributed by atoms with Crippen molar-refractivity contribution in [1.29, 1.82) is 5.26 Å². The molecule has 1 N–H and O–H groups in total. The van der Waals surface area contributed by atoms with Crippen molar-refractivity contribution in [3.8, 4) is 6.07 Å². The second kappa shape index (κ2) is 6.33. The molecule has 1 aromatic carbocycles. The van der Waals surface area contributed by atoms with Gasteiger partial charge in [0.2, 0.25) is 0 Å². The maximum Gasteiger partial charge on any atom is 0.283 e. The van der Waals surface area contributed by atoms with Crippen LogP contribution in [-0.2, 0) is 16.8 Å². The molecule has 0 amide bonds. The van der Waals surface area contributed by atoms with Crippen LogP contribution in [0, 0.1) is 11.3 Å². The molecule has 0 radical (unpaired) electrons. The number of hydrogen-bond donors (Lipinski definition) is 1. The summed E-state index contributed by atoms with van der Waals surface area (Å²) in [5.41, 5.74) is 0.919. The summed E-state index contributed by atoms with van der Waals surface area (Å²) in [6, 6.07) is 10.8. The van der Waals surface area contributed by atoms with E-state index in [0.717, 1.165) is 5.56 Å². The minimum Gasteiger partial charge on any atom is -0.313 e. The van der Waals surface area contributed by atoms with Gasteiger partial charge < -0.3 is 5.32 Å². The van der Waals surface area contributed by atoms with E-state index in [4.69, 9.17) is 5.26 Å². The van der Waals surface area contributed by atoms with Gasteiger partial charge in [0.15, 0.2) is 0 Å². The third-order valence-electron chi connectivity index (χ3n) is 3.28. The molecule has 1 saturated heterocycles. The molecule has 108 valence electrons. The SMILES string of the molecule is CN(Cc1ccccc1)S(=O)(=O)N1CCNCC1C#N. The van der Waals surface area contributed by atoms with Crippen molar-refractivity contribution in [3.63, 3.8) is 0 Å².